The van der Waals surface area contributed by atoms with Gasteiger partial charge in [0.2, 0.25) is 0 Å². The molecule has 186 valence electrons. The third kappa shape index (κ3) is 3.81. The van der Waals surface area contributed by atoms with Gasteiger partial charge >= 0.3 is 6.18 Å². The molecule has 0 bridgehead atoms. The molecular formula is C26H25F3N6O. The van der Waals surface area contributed by atoms with Gasteiger partial charge in [-0.15, -0.1) is 0 Å². The van der Waals surface area contributed by atoms with Crippen LogP contribution in [0.4, 0.5) is 19.0 Å². The molecule has 6 rings (SSSR count). The number of benzene rings is 1. The van der Waals surface area contributed by atoms with Gasteiger partial charge in [0.15, 0.2) is 0 Å². The van der Waals surface area contributed by atoms with Crippen molar-refractivity contribution >= 4 is 23.3 Å². The molecular weight excluding hydrogens is 469 g/mol. The Labute approximate surface area is 206 Å². The standard InChI is InChI=1S/C26H25F3N6O/c1-13-18-10-16(11-19(13)18)24-34-21(22-23(30)32-8-9-35(22)24)14-2-4-15(5-3-14)25(36)33-20-12-17(6-7-31-20)26(27,28)29/h2-9,12-13,16,18-19,24,34H,10-11H2,1H3,(H2,30,32)(H,31,33,36)/t13?,16?,18-,19+,24?. The van der Waals surface area contributed by atoms with E-state index in [0.717, 1.165) is 53.0 Å². The van der Waals surface area contributed by atoms with Crippen molar-refractivity contribution in [2.24, 2.45) is 34.4 Å². The Kier molecular flexibility index (Phi) is 5.10. The van der Waals surface area contributed by atoms with Gasteiger partial charge in [0.05, 0.1) is 11.3 Å². The van der Waals surface area contributed by atoms with Gasteiger partial charge in [0.25, 0.3) is 5.91 Å². The summed E-state index contributed by atoms with van der Waals surface area (Å²) < 4.78 is 38.9. The zero-order valence-electron chi connectivity index (χ0n) is 19.5. The van der Waals surface area contributed by atoms with Crippen molar-refractivity contribution in [2.45, 2.75) is 32.1 Å². The smallest absolute Gasteiger partial charge is 0.382 e. The highest BCUT2D eigenvalue weighted by Gasteiger charge is 2.56. The van der Waals surface area contributed by atoms with Crippen LogP contribution >= 0.6 is 0 Å². The van der Waals surface area contributed by atoms with Crippen LogP contribution in [0, 0.1) is 23.7 Å². The second-order valence-electron chi connectivity index (χ2n) is 9.91. The minimum absolute atomic E-state index is 0.0928. The third-order valence-corrected chi connectivity index (χ3v) is 7.89. The van der Waals surface area contributed by atoms with E-state index < -0.39 is 17.6 Å². The number of carbonyl (C=O) groups excluding carboxylic acids is 1. The highest BCUT2D eigenvalue weighted by molar-refractivity contribution is 6.06. The van der Waals surface area contributed by atoms with Gasteiger partial charge in [-0.25, -0.2) is 9.98 Å². The van der Waals surface area contributed by atoms with Crippen LogP contribution in [0.15, 0.2) is 65.7 Å². The van der Waals surface area contributed by atoms with Gasteiger partial charge in [0, 0.05) is 24.2 Å². The predicted octanol–water partition coefficient (Wildman–Crippen LogP) is 4.39. The van der Waals surface area contributed by atoms with E-state index >= 15 is 0 Å². The van der Waals surface area contributed by atoms with E-state index in [1.165, 1.54) is 12.8 Å². The van der Waals surface area contributed by atoms with Gasteiger partial charge in [-0.2, -0.15) is 13.2 Å². The van der Waals surface area contributed by atoms with Gasteiger partial charge < -0.3 is 21.3 Å². The molecule has 4 aliphatic rings. The van der Waals surface area contributed by atoms with Crippen molar-refractivity contribution in [2.75, 3.05) is 5.32 Å². The summed E-state index contributed by atoms with van der Waals surface area (Å²) in [5.74, 6) is 2.66. The molecule has 2 aliphatic carbocycles. The number of amides is 1. The molecule has 5 atom stereocenters. The fraction of sp³-hybridized carbons (Fsp3) is 0.346. The van der Waals surface area contributed by atoms with Crippen LogP contribution in [-0.4, -0.2) is 27.8 Å². The lowest BCUT2D eigenvalue weighted by Crippen LogP contribution is -2.42. The summed E-state index contributed by atoms with van der Waals surface area (Å²) in [4.78, 5) is 22.9. The van der Waals surface area contributed by atoms with Crippen molar-refractivity contribution in [1.29, 1.82) is 0 Å². The number of hydrogen-bond acceptors (Lipinski definition) is 6. The molecule has 36 heavy (non-hydrogen) atoms. The Balaban J connectivity index is 1.21. The quantitative estimate of drug-likeness (QED) is 0.586. The number of carbonyl (C=O) groups is 1. The van der Waals surface area contributed by atoms with E-state index in [-0.39, 0.29) is 12.0 Å². The highest BCUT2D eigenvalue weighted by Crippen LogP contribution is 2.60. The molecule has 1 aromatic heterocycles. The van der Waals surface area contributed by atoms with Gasteiger partial charge in [0.1, 0.15) is 23.5 Å². The maximum atomic E-state index is 13.0. The van der Waals surface area contributed by atoms with Crippen LogP contribution in [0.3, 0.4) is 0 Å². The predicted molar refractivity (Wildman–Crippen MR) is 129 cm³/mol. The zero-order valence-corrected chi connectivity index (χ0v) is 19.5. The van der Waals surface area contributed by atoms with Crippen molar-refractivity contribution in [3.8, 4) is 0 Å². The van der Waals surface area contributed by atoms with Crippen molar-refractivity contribution < 1.29 is 18.0 Å². The van der Waals surface area contributed by atoms with Crippen molar-refractivity contribution in [1.82, 2.24) is 15.2 Å². The minimum atomic E-state index is -4.52. The van der Waals surface area contributed by atoms with E-state index in [0.29, 0.717) is 17.3 Å². The number of aromatic nitrogens is 1. The number of anilines is 1. The minimum Gasteiger partial charge on any atom is -0.382 e. The zero-order chi connectivity index (χ0) is 25.2. The first kappa shape index (κ1) is 22.6. The lowest BCUT2D eigenvalue weighted by atomic mass is 9.96. The molecule has 10 heteroatoms. The topological polar surface area (TPSA) is 95.6 Å². The number of nitrogens with two attached hydrogens (primary N) is 1. The normalized spacial score (nSPS) is 28.4. The molecule has 0 spiro atoms. The summed E-state index contributed by atoms with van der Waals surface area (Å²) in [6, 6.07) is 8.51. The van der Waals surface area contributed by atoms with Gasteiger partial charge in [-0.3, -0.25) is 4.79 Å². The largest absolute Gasteiger partial charge is 0.416 e. The van der Waals surface area contributed by atoms with E-state index in [1.54, 1.807) is 30.5 Å². The summed E-state index contributed by atoms with van der Waals surface area (Å²) in [5, 5.41) is 6.10. The molecule has 1 aromatic carbocycles. The Hall–Kier alpha value is -3.82. The highest BCUT2D eigenvalue weighted by atomic mass is 19.4. The molecule has 2 aromatic rings. The lowest BCUT2D eigenvalue weighted by Gasteiger charge is -2.32. The lowest BCUT2D eigenvalue weighted by molar-refractivity contribution is -0.137. The van der Waals surface area contributed by atoms with Crippen LogP contribution < -0.4 is 16.4 Å². The van der Waals surface area contributed by atoms with E-state index in [4.69, 9.17) is 5.73 Å². The maximum Gasteiger partial charge on any atom is 0.416 e. The number of amidine groups is 1. The second kappa shape index (κ2) is 8.11. The fourth-order valence-electron chi connectivity index (χ4n) is 5.91. The fourth-order valence-corrected chi connectivity index (χ4v) is 5.91. The van der Waals surface area contributed by atoms with Crippen molar-refractivity contribution in [3.05, 3.63) is 77.4 Å². The van der Waals surface area contributed by atoms with Gasteiger partial charge in [-0.1, -0.05) is 19.1 Å². The van der Waals surface area contributed by atoms with Crippen LogP contribution in [-0.2, 0) is 6.18 Å². The number of fused-ring (bicyclic) bond motifs is 2. The summed E-state index contributed by atoms with van der Waals surface area (Å²) >= 11 is 0. The average Bonchev–Trinajstić information content (AvgIpc) is 3.21. The summed E-state index contributed by atoms with van der Waals surface area (Å²) in [6.45, 7) is 2.33. The summed E-state index contributed by atoms with van der Waals surface area (Å²) in [5.41, 5.74) is 8.22. The van der Waals surface area contributed by atoms with Crippen molar-refractivity contribution in [3.63, 3.8) is 0 Å². The second-order valence-corrected chi connectivity index (χ2v) is 9.91. The molecule has 4 N–H and O–H groups in total. The maximum absolute atomic E-state index is 13.0. The summed E-state index contributed by atoms with van der Waals surface area (Å²) in [6.07, 6.45) is 2.63. The van der Waals surface area contributed by atoms with Crippen LogP contribution in [0.25, 0.3) is 5.70 Å². The molecule has 2 fully saturated rings. The number of pyridine rings is 1. The van der Waals surface area contributed by atoms with Crippen LogP contribution in [0.5, 0.6) is 0 Å². The molecule has 0 saturated heterocycles. The molecule has 3 heterocycles. The van der Waals surface area contributed by atoms with Crippen LogP contribution in [0.1, 0.15) is 41.3 Å². The third-order valence-electron chi connectivity index (χ3n) is 7.89. The first-order valence-electron chi connectivity index (χ1n) is 11.9. The number of alkyl halides is 3. The van der Waals surface area contributed by atoms with Gasteiger partial charge in [-0.05, 0) is 66.3 Å². The Morgan fingerprint density at radius 1 is 1.17 bits per heavy atom. The molecule has 2 saturated carbocycles. The van der Waals surface area contributed by atoms with E-state index in [1.807, 2.05) is 6.20 Å². The number of hydrogen-bond donors (Lipinski definition) is 3. The van der Waals surface area contributed by atoms with E-state index in [2.05, 4.69) is 32.4 Å². The Morgan fingerprint density at radius 2 is 1.89 bits per heavy atom. The number of rotatable bonds is 4. The molecule has 7 nitrogen and oxygen atoms in total. The monoisotopic (exact) mass is 494 g/mol. The number of aliphatic imine (C=N–C) groups is 1. The number of nitrogens with one attached hydrogen (secondary N) is 2. The molecule has 3 unspecified atom stereocenters. The molecule has 0 radical (unpaired) electrons. The van der Waals surface area contributed by atoms with E-state index in [9.17, 15) is 18.0 Å². The molecule has 2 aliphatic heterocycles. The first-order valence-corrected chi connectivity index (χ1v) is 11.9. The average molecular weight is 495 g/mol. The Morgan fingerprint density at radius 3 is 2.58 bits per heavy atom. The number of halogens is 3. The SMILES string of the molecule is CC1[C@H]2CC(C3NC(c4ccc(C(=O)Nc5cc(C(F)(F)F)ccn5)cc4)=C4C(N)=NC=CN43)C[C@@H]12. The molecule has 1 amide bonds. The number of nitrogens with zero attached hydrogens (tertiary/aromatic N) is 3. The van der Waals surface area contributed by atoms with Crippen LogP contribution in [0.2, 0.25) is 0 Å². The Bertz CT molecular complexity index is 1300. The summed E-state index contributed by atoms with van der Waals surface area (Å²) in [7, 11) is 0. The first-order chi connectivity index (χ1) is 17.2.